The van der Waals surface area contributed by atoms with Crippen LogP contribution in [-0.4, -0.2) is 4.98 Å². The second kappa shape index (κ2) is 12.6. The molecule has 0 saturated carbocycles. The summed E-state index contributed by atoms with van der Waals surface area (Å²) in [5, 5.41) is 6.61. The number of hydrogen-bond donors (Lipinski definition) is 0. The summed E-state index contributed by atoms with van der Waals surface area (Å²) in [6.07, 6.45) is 0. The van der Waals surface area contributed by atoms with Crippen LogP contribution in [0.1, 0.15) is 0 Å². The molecule has 0 amide bonds. The summed E-state index contributed by atoms with van der Waals surface area (Å²) in [5.74, 6) is 0.625. The van der Waals surface area contributed by atoms with Gasteiger partial charge in [-0.2, -0.15) is 0 Å². The molecule has 4 heteroatoms. The molecule has 0 atom stereocenters. The van der Waals surface area contributed by atoms with Gasteiger partial charge in [0.2, 0.25) is 5.89 Å². The molecular weight excluding hydrogens is 673 g/mol. The van der Waals surface area contributed by atoms with Crippen LogP contribution in [0.5, 0.6) is 0 Å². The largest absolute Gasteiger partial charge is 0.456 e. The molecule has 0 unspecified atom stereocenters. The molecule has 258 valence electrons. The van der Waals surface area contributed by atoms with Gasteiger partial charge in [0, 0.05) is 33.1 Å². The van der Waals surface area contributed by atoms with Crippen molar-refractivity contribution in [1.29, 1.82) is 0 Å². The smallest absolute Gasteiger partial charge is 0.227 e. The van der Waals surface area contributed by atoms with Crippen molar-refractivity contribution in [2.45, 2.75) is 0 Å². The van der Waals surface area contributed by atoms with E-state index in [1.165, 1.54) is 5.56 Å². The maximum atomic E-state index is 6.51. The number of aromatic nitrogens is 1. The minimum atomic E-state index is 0.625. The van der Waals surface area contributed by atoms with Crippen molar-refractivity contribution in [3.05, 3.63) is 194 Å². The summed E-state index contributed by atoms with van der Waals surface area (Å²) < 4.78 is 12.9. The van der Waals surface area contributed by atoms with E-state index in [0.717, 1.165) is 93.9 Å². The highest BCUT2D eigenvalue weighted by molar-refractivity contribution is 6.23. The number of oxazole rings is 1. The third-order valence-corrected chi connectivity index (χ3v) is 10.7. The molecule has 11 rings (SSSR count). The molecule has 9 aromatic carbocycles. The predicted molar refractivity (Wildman–Crippen MR) is 227 cm³/mol. The van der Waals surface area contributed by atoms with Crippen LogP contribution in [0, 0.1) is 0 Å². The van der Waals surface area contributed by atoms with Crippen molar-refractivity contribution in [2.75, 3.05) is 4.90 Å². The van der Waals surface area contributed by atoms with E-state index in [2.05, 4.69) is 157 Å². The predicted octanol–water partition coefficient (Wildman–Crippen LogP) is 14.5. The first kappa shape index (κ1) is 31.1. The van der Waals surface area contributed by atoms with E-state index in [-0.39, 0.29) is 0 Å². The molecule has 0 aliphatic heterocycles. The normalized spacial score (nSPS) is 11.6. The van der Waals surface area contributed by atoms with Gasteiger partial charge < -0.3 is 13.7 Å². The molecule has 0 fully saturated rings. The molecule has 0 bridgehead atoms. The van der Waals surface area contributed by atoms with Gasteiger partial charge in [-0.15, -0.1) is 0 Å². The average molecular weight is 705 g/mol. The van der Waals surface area contributed by atoms with Crippen LogP contribution < -0.4 is 4.90 Å². The van der Waals surface area contributed by atoms with Crippen molar-refractivity contribution >= 4 is 71.6 Å². The zero-order valence-corrected chi connectivity index (χ0v) is 29.7. The Balaban J connectivity index is 1.07. The minimum Gasteiger partial charge on any atom is -0.456 e. The molecule has 11 aromatic rings. The van der Waals surface area contributed by atoms with Crippen molar-refractivity contribution in [1.82, 2.24) is 4.98 Å². The molecule has 2 aromatic heterocycles. The van der Waals surface area contributed by atoms with Crippen molar-refractivity contribution < 1.29 is 8.83 Å². The first-order valence-electron chi connectivity index (χ1n) is 18.5. The highest BCUT2D eigenvalue weighted by Crippen LogP contribution is 2.44. The van der Waals surface area contributed by atoms with E-state index < -0.39 is 0 Å². The third kappa shape index (κ3) is 5.19. The topological polar surface area (TPSA) is 42.4 Å². The van der Waals surface area contributed by atoms with Crippen LogP contribution in [0.15, 0.2) is 203 Å². The number of fused-ring (bicyclic) bond motifs is 9. The Morgan fingerprint density at radius 3 is 1.78 bits per heavy atom. The first-order chi connectivity index (χ1) is 27.3. The van der Waals surface area contributed by atoms with Crippen LogP contribution in [0.2, 0.25) is 0 Å². The van der Waals surface area contributed by atoms with Gasteiger partial charge in [-0.25, -0.2) is 4.98 Å². The number of nitrogens with zero attached hydrogens (tertiary/aromatic N) is 2. The Morgan fingerprint density at radius 1 is 0.364 bits per heavy atom. The lowest BCUT2D eigenvalue weighted by Gasteiger charge is -2.27. The SMILES string of the molecule is c1ccc(-c2cccc(N(c3ccc(-c4ccc5c6ccccc6c6oc(-c7ccccc7)nc6c5c4)cc3)c3cccc4oc5ccccc5c34)c2)cc1. The molecule has 0 saturated heterocycles. The Labute approximate surface area is 317 Å². The zero-order valence-electron chi connectivity index (χ0n) is 29.7. The first-order valence-corrected chi connectivity index (χ1v) is 18.5. The molecule has 0 N–H and O–H groups in total. The highest BCUT2D eigenvalue weighted by Gasteiger charge is 2.21. The van der Waals surface area contributed by atoms with Crippen LogP contribution >= 0.6 is 0 Å². The average Bonchev–Trinajstić information content (AvgIpc) is 3.88. The van der Waals surface area contributed by atoms with E-state index in [1.54, 1.807) is 0 Å². The summed E-state index contributed by atoms with van der Waals surface area (Å²) in [6.45, 7) is 0. The maximum absolute atomic E-state index is 6.51. The van der Waals surface area contributed by atoms with Crippen molar-refractivity contribution in [2.24, 2.45) is 0 Å². The van der Waals surface area contributed by atoms with E-state index in [4.69, 9.17) is 13.8 Å². The fraction of sp³-hybridized carbons (Fsp3) is 0. The van der Waals surface area contributed by atoms with Gasteiger partial charge in [0.25, 0.3) is 0 Å². The van der Waals surface area contributed by atoms with Gasteiger partial charge in [0.15, 0.2) is 5.58 Å². The monoisotopic (exact) mass is 704 g/mol. The van der Waals surface area contributed by atoms with Crippen LogP contribution in [0.25, 0.3) is 88.3 Å². The summed E-state index contributed by atoms with van der Waals surface area (Å²) in [6, 6.07) is 68.0. The van der Waals surface area contributed by atoms with Gasteiger partial charge in [-0.05, 0) is 93.7 Å². The van der Waals surface area contributed by atoms with Gasteiger partial charge in [0.1, 0.15) is 16.7 Å². The van der Waals surface area contributed by atoms with Crippen LogP contribution in [-0.2, 0) is 0 Å². The number of benzene rings is 9. The van der Waals surface area contributed by atoms with E-state index >= 15 is 0 Å². The van der Waals surface area contributed by atoms with E-state index in [9.17, 15) is 0 Å². The Morgan fingerprint density at radius 2 is 0.964 bits per heavy atom. The highest BCUT2D eigenvalue weighted by atomic mass is 16.3. The zero-order chi connectivity index (χ0) is 36.3. The van der Waals surface area contributed by atoms with Crippen LogP contribution in [0.3, 0.4) is 0 Å². The van der Waals surface area contributed by atoms with Gasteiger partial charge in [0.05, 0.1) is 11.1 Å². The number of furan rings is 1. The maximum Gasteiger partial charge on any atom is 0.227 e. The van der Waals surface area contributed by atoms with Gasteiger partial charge >= 0.3 is 0 Å². The van der Waals surface area contributed by atoms with Gasteiger partial charge in [-0.3, -0.25) is 0 Å². The van der Waals surface area contributed by atoms with Crippen LogP contribution in [0.4, 0.5) is 17.1 Å². The molecule has 55 heavy (non-hydrogen) atoms. The summed E-state index contributed by atoms with van der Waals surface area (Å²) in [7, 11) is 0. The molecule has 0 aliphatic carbocycles. The second-order valence-corrected chi connectivity index (χ2v) is 13.9. The Bertz CT molecular complexity index is 3200. The summed E-state index contributed by atoms with van der Waals surface area (Å²) >= 11 is 0. The summed E-state index contributed by atoms with van der Waals surface area (Å²) in [4.78, 5) is 7.43. The number of hydrogen-bond acceptors (Lipinski definition) is 4. The number of rotatable bonds is 6. The number of anilines is 3. The number of para-hydroxylation sites is 1. The fourth-order valence-electron chi connectivity index (χ4n) is 8.09. The Hall–Kier alpha value is -7.43. The molecular formula is C51H32N2O2. The standard InChI is InChI=1S/C51H32N2O2/c1-3-13-33(14-4-1)36-17-11-18-39(31-36)53(45-22-12-24-47-48(45)43-21-9-10-23-46(43)54-47)38-28-25-34(26-29-38)37-27-30-41-40-19-7-8-20-42(40)50-49(44(41)32-37)52-51(55-50)35-15-5-2-6-16-35/h1-32H. The van der Waals surface area contributed by atoms with Crippen molar-refractivity contribution in [3.63, 3.8) is 0 Å². The second-order valence-electron chi connectivity index (χ2n) is 13.9. The molecule has 0 aliphatic rings. The fourth-order valence-corrected chi connectivity index (χ4v) is 8.09. The molecule has 2 heterocycles. The van der Waals surface area contributed by atoms with Crippen molar-refractivity contribution in [3.8, 4) is 33.7 Å². The van der Waals surface area contributed by atoms with E-state index in [1.807, 2.05) is 42.5 Å². The van der Waals surface area contributed by atoms with Gasteiger partial charge in [-0.1, -0.05) is 133 Å². The lowest BCUT2D eigenvalue weighted by molar-refractivity contribution is 0.623. The molecule has 0 radical (unpaired) electrons. The van der Waals surface area contributed by atoms with E-state index in [0.29, 0.717) is 5.89 Å². The Kier molecular flexibility index (Phi) is 7.14. The molecule has 0 spiro atoms. The minimum absolute atomic E-state index is 0.625. The lowest BCUT2D eigenvalue weighted by Crippen LogP contribution is -2.10. The quantitative estimate of drug-likeness (QED) is 0.162. The molecule has 4 nitrogen and oxygen atoms in total. The third-order valence-electron chi connectivity index (χ3n) is 10.7. The lowest BCUT2D eigenvalue weighted by atomic mass is 9.96. The summed E-state index contributed by atoms with van der Waals surface area (Å²) in [5.41, 5.74) is 12.1.